The van der Waals surface area contributed by atoms with Crippen LogP contribution in [0.4, 0.5) is 0 Å². The van der Waals surface area contributed by atoms with Gasteiger partial charge in [0.1, 0.15) is 0 Å². The lowest BCUT2D eigenvalue weighted by Crippen LogP contribution is -2.36. The molecule has 2 nitrogen and oxygen atoms in total. The van der Waals surface area contributed by atoms with Crippen LogP contribution in [-0.4, -0.2) is 19.1 Å². The van der Waals surface area contributed by atoms with Crippen molar-refractivity contribution in [3.05, 3.63) is 0 Å². The Morgan fingerprint density at radius 3 is 2.43 bits per heavy atom. The molecule has 0 amide bonds. The summed E-state index contributed by atoms with van der Waals surface area (Å²) in [5, 5.41) is 3.61. The molecule has 2 rings (SSSR count). The molecule has 14 heavy (non-hydrogen) atoms. The Hall–Kier alpha value is -0.0800. The van der Waals surface area contributed by atoms with Crippen molar-refractivity contribution < 1.29 is 0 Å². The number of nitrogens with one attached hydrogen (secondary N) is 1. The zero-order chi connectivity index (χ0) is 10.2. The van der Waals surface area contributed by atoms with Crippen LogP contribution in [0.2, 0.25) is 0 Å². The fourth-order valence-corrected chi connectivity index (χ4v) is 2.32. The lowest BCUT2D eigenvalue weighted by Gasteiger charge is -2.19. The number of hydrogen-bond acceptors (Lipinski definition) is 2. The van der Waals surface area contributed by atoms with E-state index in [0.717, 1.165) is 17.9 Å². The molecular formula is C12H24N2. The molecule has 0 aromatic rings. The molecule has 0 heterocycles. The summed E-state index contributed by atoms with van der Waals surface area (Å²) >= 11 is 0. The first-order valence-electron chi connectivity index (χ1n) is 6.10. The molecular weight excluding hydrogens is 172 g/mol. The molecule has 2 saturated carbocycles. The molecule has 2 heteroatoms. The van der Waals surface area contributed by atoms with E-state index in [4.69, 9.17) is 5.73 Å². The van der Waals surface area contributed by atoms with Gasteiger partial charge in [0.15, 0.2) is 0 Å². The van der Waals surface area contributed by atoms with Gasteiger partial charge in [-0.3, -0.25) is 0 Å². The fraction of sp³-hybridized carbons (Fsp3) is 1.00. The van der Waals surface area contributed by atoms with Crippen LogP contribution >= 0.6 is 0 Å². The minimum atomic E-state index is 0.318. The SMILES string of the molecule is CC(N)C(C)CNCC1(C2CC2)CC1. The average molecular weight is 196 g/mol. The normalized spacial score (nSPS) is 28.5. The van der Waals surface area contributed by atoms with Gasteiger partial charge in [-0.1, -0.05) is 6.92 Å². The Morgan fingerprint density at radius 2 is 2.00 bits per heavy atom. The highest BCUT2D eigenvalue weighted by Gasteiger charge is 2.53. The number of rotatable bonds is 6. The van der Waals surface area contributed by atoms with Crippen LogP contribution in [0.1, 0.15) is 39.5 Å². The van der Waals surface area contributed by atoms with E-state index in [-0.39, 0.29) is 0 Å². The van der Waals surface area contributed by atoms with E-state index in [9.17, 15) is 0 Å². The van der Waals surface area contributed by atoms with Crippen LogP contribution < -0.4 is 11.1 Å². The Bertz CT molecular complexity index is 192. The Kier molecular flexibility index (Phi) is 2.85. The molecule has 82 valence electrons. The van der Waals surface area contributed by atoms with E-state index >= 15 is 0 Å². The molecule has 0 spiro atoms. The number of nitrogens with two attached hydrogens (primary N) is 1. The predicted molar refractivity (Wildman–Crippen MR) is 60.1 cm³/mol. The van der Waals surface area contributed by atoms with Gasteiger partial charge in [-0.2, -0.15) is 0 Å². The van der Waals surface area contributed by atoms with E-state index in [1.807, 2.05) is 0 Å². The largest absolute Gasteiger partial charge is 0.328 e. The minimum absolute atomic E-state index is 0.318. The van der Waals surface area contributed by atoms with Crippen LogP contribution in [0.15, 0.2) is 0 Å². The second-order valence-electron chi connectivity index (χ2n) is 5.60. The summed E-state index contributed by atoms with van der Waals surface area (Å²) < 4.78 is 0. The second kappa shape index (κ2) is 3.82. The maximum absolute atomic E-state index is 5.83. The van der Waals surface area contributed by atoms with Crippen molar-refractivity contribution in [1.29, 1.82) is 0 Å². The zero-order valence-electron chi connectivity index (χ0n) is 9.55. The highest BCUT2D eigenvalue weighted by molar-refractivity contribution is 5.05. The standard InChI is InChI=1S/C12H24N2/c1-9(10(2)13)7-14-8-12(5-6-12)11-3-4-11/h9-11,14H,3-8,13H2,1-2H3. The molecule has 2 unspecified atom stereocenters. The first-order chi connectivity index (χ1) is 6.64. The third-order valence-corrected chi connectivity index (χ3v) is 4.18. The Balaban J connectivity index is 1.63. The maximum Gasteiger partial charge on any atom is 0.00482 e. The molecule has 0 aromatic heterocycles. The second-order valence-corrected chi connectivity index (χ2v) is 5.60. The maximum atomic E-state index is 5.83. The smallest absolute Gasteiger partial charge is 0.00482 e. The van der Waals surface area contributed by atoms with Gasteiger partial charge in [0.05, 0.1) is 0 Å². The molecule has 0 aliphatic heterocycles. The van der Waals surface area contributed by atoms with Gasteiger partial charge in [-0.05, 0) is 56.4 Å². The van der Waals surface area contributed by atoms with Crippen LogP contribution in [0, 0.1) is 17.3 Å². The molecule has 0 bridgehead atoms. The lowest BCUT2D eigenvalue weighted by molar-refractivity contribution is 0.369. The average Bonchev–Trinajstić information content (AvgIpc) is 2.98. The van der Waals surface area contributed by atoms with Crippen molar-refractivity contribution in [3.8, 4) is 0 Å². The first-order valence-corrected chi connectivity index (χ1v) is 6.10. The third kappa shape index (κ3) is 2.29. The molecule has 0 saturated heterocycles. The van der Waals surface area contributed by atoms with E-state index in [2.05, 4.69) is 19.2 Å². The number of hydrogen-bond donors (Lipinski definition) is 2. The predicted octanol–water partition coefficient (Wildman–Crippen LogP) is 1.75. The van der Waals surface area contributed by atoms with Crippen molar-refractivity contribution in [2.24, 2.45) is 23.0 Å². The quantitative estimate of drug-likeness (QED) is 0.679. The summed E-state index contributed by atoms with van der Waals surface area (Å²) in [5.74, 6) is 1.67. The highest BCUT2D eigenvalue weighted by Crippen LogP contribution is 2.60. The van der Waals surface area contributed by atoms with E-state index < -0.39 is 0 Å². The molecule has 2 atom stereocenters. The Morgan fingerprint density at radius 1 is 1.36 bits per heavy atom. The van der Waals surface area contributed by atoms with Crippen molar-refractivity contribution >= 4 is 0 Å². The summed E-state index contributed by atoms with van der Waals surface area (Å²) in [6, 6.07) is 0.318. The van der Waals surface area contributed by atoms with Crippen molar-refractivity contribution in [2.45, 2.75) is 45.6 Å². The molecule has 3 N–H and O–H groups in total. The topological polar surface area (TPSA) is 38.0 Å². The van der Waals surface area contributed by atoms with Gasteiger partial charge >= 0.3 is 0 Å². The van der Waals surface area contributed by atoms with Gasteiger partial charge in [-0.15, -0.1) is 0 Å². The van der Waals surface area contributed by atoms with Crippen LogP contribution in [0.5, 0.6) is 0 Å². The van der Waals surface area contributed by atoms with Gasteiger partial charge in [0.2, 0.25) is 0 Å². The zero-order valence-corrected chi connectivity index (χ0v) is 9.55. The molecule has 0 radical (unpaired) electrons. The summed E-state index contributed by atoms with van der Waals surface area (Å²) in [5.41, 5.74) is 6.57. The lowest BCUT2D eigenvalue weighted by atomic mass is 9.99. The van der Waals surface area contributed by atoms with Gasteiger partial charge in [-0.25, -0.2) is 0 Å². The van der Waals surface area contributed by atoms with Crippen molar-refractivity contribution in [1.82, 2.24) is 5.32 Å². The van der Waals surface area contributed by atoms with Gasteiger partial charge in [0.25, 0.3) is 0 Å². The van der Waals surface area contributed by atoms with Crippen LogP contribution in [0.25, 0.3) is 0 Å². The van der Waals surface area contributed by atoms with Crippen LogP contribution in [-0.2, 0) is 0 Å². The highest BCUT2D eigenvalue weighted by atomic mass is 14.9. The fourth-order valence-electron chi connectivity index (χ4n) is 2.32. The van der Waals surface area contributed by atoms with Crippen molar-refractivity contribution in [2.75, 3.05) is 13.1 Å². The molecule has 2 aliphatic carbocycles. The monoisotopic (exact) mass is 196 g/mol. The molecule has 2 fully saturated rings. The summed E-state index contributed by atoms with van der Waals surface area (Å²) in [7, 11) is 0. The van der Waals surface area contributed by atoms with E-state index in [1.165, 1.54) is 32.2 Å². The van der Waals surface area contributed by atoms with Gasteiger partial charge < -0.3 is 11.1 Å². The van der Waals surface area contributed by atoms with E-state index in [0.29, 0.717) is 12.0 Å². The van der Waals surface area contributed by atoms with Crippen molar-refractivity contribution in [3.63, 3.8) is 0 Å². The van der Waals surface area contributed by atoms with Crippen LogP contribution in [0.3, 0.4) is 0 Å². The Labute approximate surface area is 87.6 Å². The van der Waals surface area contributed by atoms with Gasteiger partial charge in [0, 0.05) is 12.6 Å². The van der Waals surface area contributed by atoms with E-state index in [1.54, 1.807) is 0 Å². The molecule has 0 aromatic carbocycles. The molecule has 2 aliphatic rings. The first kappa shape index (κ1) is 10.4. The minimum Gasteiger partial charge on any atom is -0.328 e. The summed E-state index contributed by atoms with van der Waals surface area (Å²) in [4.78, 5) is 0. The third-order valence-electron chi connectivity index (χ3n) is 4.18. The summed E-state index contributed by atoms with van der Waals surface area (Å²) in [6.45, 7) is 6.66. The summed E-state index contributed by atoms with van der Waals surface area (Å²) in [6.07, 6.45) is 5.92.